The van der Waals surface area contributed by atoms with Gasteiger partial charge in [-0.1, -0.05) is 25.5 Å². The molecule has 0 spiro atoms. The molecule has 1 saturated carbocycles. The molecule has 19 heavy (non-hydrogen) atoms. The molecule has 1 fully saturated rings. The molecule has 0 aromatic rings. The number of hydrogen-bond donors (Lipinski definition) is 0. The summed E-state index contributed by atoms with van der Waals surface area (Å²) >= 11 is 0. The van der Waals surface area contributed by atoms with Gasteiger partial charge in [0, 0.05) is 6.42 Å². The minimum Gasteiger partial charge on any atom is -0.465 e. The topological polar surface area (TPSA) is 50.1 Å². The molecule has 0 bridgehead atoms. The molecule has 106 valence electrons. The second-order valence-electron chi connectivity index (χ2n) is 6.21. The second-order valence-corrected chi connectivity index (χ2v) is 6.21. The Labute approximate surface area is 116 Å². The molecule has 2 atom stereocenters. The lowest BCUT2D eigenvalue weighted by molar-refractivity contribution is -0.146. The third-order valence-corrected chi connectivity index (χ3v) is 3.85. The van der Waals surface area contributed by atoms with Crippen molar-refractivity contribution >= 4 is 5.97 Å². The minimum absolute atomic E-state index is 0.0153. The first-order valence-electron chi connectivity index (χ1n) is 7.10. The highest BCUT2D eigenvalue weighted by atomic mass is 16.5. The Morgan fingerprint density at radius 1 is 1.32 bits per heavy atom. The van der Waals surface area contributed by atoms with E-state index >= 15 is 0 Å². The van der Waals surface area contributed by atoms with Gasteiger partial charge < -0.3 is 4.74 Å². The SMILES string of the molecule is CC(C)=C[C@H]1[C@H](C(=O)OCCCCCC#N)C1(C)C. The van der Waals surface area contributed by atoms with Crippen molar-refractivity contribution in [2.24, 2.45) is 17.3 Å². The summed E-state index contributed by atoms with van der Waals surface area (Å²) in [7, 11) is 0. The Hall–Kier alpha value is -1.30. The van der Waals surface area contributed by atoms with Gasteiger partial charge in [-0.3, -0.25) is 4.79 Å². The van der Waals surface area contributed by atoms with Crippen LogP contribution < -0.4 is 0 Å². The van der Waals surface area contributed by atoms with Gasteiger partial charge in [0.2, 0.25) is 0 Å². The summed E-state index contributed by atoms with van der Waals surface area (Å²) in [6.07, 6.45) is 5.47. The Morgan fingerprint density at radius 3 is 2.58 bits per heavy atom. The molecule has 0 heterocycles. The van der Waals surface area contributed by atoms with Gasteiger partial charge in [0.25, 0.3) is 0 Å². The fourth-order valence-electron chi connectivity index (χ4n) is 2.54. The van der Waals surface area contributed by atoms with Gasteiger partial charge >= 0.3 is 5.97 Å². The molecule has 0 saturated heterocycles. The lowest BCUT2D eigenvalue weighted by Crippen LogP contribution is -2.11. The summed E-state index contributed by atoms with van der Waals surface area (Å²) in [5.41, 5.74) is 1.29. The van der Waals surface area contributed by atoms with Crippen LogP contribution in [-0.2, 0) is 9.53 Å². The van der Waals surface area contributed by atoms with Crippen LogP contribution in [0.25, 0.3) is 0 Å². The number of unbranched alkanes of at least 4 members (excludes halogenated alkanes) is 3. The number of allylic oxidation sites excluding steroid dienone is 2. The zero-order valence-corrected chi connectivity index (χ0v) is 12.5. The molecule has 1 rings (SSSR count). The van der Waals surface area contributed by atoms with Gasteiger partial charge in [0.1, 0.15) is 0 Å². The molecular formula is C16H25NO2. The normalized spacial score (nSPS) is 23.3. The molecule has 3 heteroatoms. The summed E-state index contributed by atoms with van der Waals surface area (Å²) in [5, 5.41) is 8.41. The summed E-state index contributed by atoms with van der Waals surface area (Å²) in [4.78, 5) is 12.0. The van der Waals surface area contributed by atoms with Crippen molar-refractivity contribution in [1.29, 1.82) is 5.26 Å². The van der Waals surface area contributed by atoms with Gasteiger partial charge in [-0.2, -0.15) is 5.26 Å². The number of carbonyl (C=O) groups excluding carboxylic acids is 1. The molecule has 0 radical (unpaired) electrons. The summed E-state index contributed by atoms with van der Waals surface area (Å²) in [5.74, 6) is 0.276. The lowest BCUT2D eigenvalue weighted by Gasteiger charge is -2.05. The molecule has 0 unspecified atom stereocenters. The van der Waals surface area contributed by atoms with Crippen LogP contribution >= 0.6 is 0 Å². The van der Waals surface area contributed by atoms with E-state index in [0.717, 1.165) is 19.3 Å². The highest BCUT2D eigenvalue weighted by Gasteiger charge is 2.61. The fraction of sp³-hybridized carbons (Fsp3) is 0.750. The molecule has 1 aliphatic carbocycles. The zero-order chi connectivity index (χ0) is 14.5. The van der Waals surface area contributed by atoms with Crippen LogP contribution in [0.5, 0.6) is 0 Å². The third kappa shape index (κ3) is 4.38. The quantitative estimate of drug-likeness (QED) is 0.398. The van der Waals surface area contributed by atoms with Gasteiger partial charge in [0.15, 0.2) is 0 Å². The van der Waals surface area contributed by atoms with Crippen molar-refractivity contribution in [3.05, 3.63) is 11.6 Å². The Morgan fingerprint density at radius 2 is 2.00 bits per heavy atom. The highest BCUT2D eigenvalue weighted by Crippen LogP contribution is 2.59. The number of rotatable bonds is 7. The highest BCUT2D eigenvalue weighted by molar-refractivity contribution is 5.78. The first kappa shape index (κ1) is 15.8. The maximum absolute atomic E-state index is 12.0. The zero-order valence-electron chi connectivity index (χ0n) is 12.5. The Kier molecular flexibility index (Phi) is 5.60. The van der Waals surface area contributed by atoms with Crippen LogP contribution in [0, 0.1) is 28.6 Å². The Bertz CT molecular complexity index is 386. The largest absolute Gasteiger partial charge is 0.465 e. The smallest absolute Gasteiger partial charge is 0.310 e. The number of ether oxygens (including phenoxy) is 1. The van der Waals surface area contributed by atoms with E-state index in [1.807, 2.05) is 0 Å². The van der Waals surface area contributed by atoms with Crippen molar-refractivity contribution in [3.8, 4) is 6.07 Å². The van der Waals surface area contributed by atoms with Crippen molar-refractivity contribution < 1.29 is 9.53 Å². The number of carbonyl (C=O) groups is 1. The average Bonchev–Trinajstić information content (AvgIpc) is 2.84. The van der Waals surface area contributed by atoms with Crippen molar-refractivity contribution in [2.75, 3.05) is 6.61 Å². The molecule has 0 aromatic carbocycles. The summed E-state index contributed by atoms with van der Waals surface area (Å²) in [6, 6.07) is 2.12. The van der Waals surface area contributed by atoms with Crippen LogP contribution in [0.2, 0.25) is 0 Å². The number of hydrogen-bond acceptors (Lipinski definition) is 3. The fourth-order valence-corrected chi connectivity index (χ4v) is 2.54. The molecule has 1 aliphatic rings. The first-order chi connectivity index (χ1) is 8.91. The van der Waals surface area contributed by atoms with E-state index in [0.29, 0.717) is 18.9 Å². The van der Waals surface area contributed by atoms with E-state index in [2.05, 4.69) is 39.8 Å². The maximum atomic E-state index is 12.0. The molecule has 0 N–H and O–H groups in total. The van der Waals surface area contributed by atoms with Crippen molar-refractivity contribution in [3.63, 3.8) is 0 Å². The average molecular weight is 263 g/mol. The van der Waals surface area contributed by atoms with E-state index in [4.69, 9.17) is 10.00 Å². The van der Waals surface area contributed by atoms with E-state index in [-0.39, 0.29) is 17.3 Å². The van der Waals surface area contributed by atoms with Crippen LogP contribution in [0.1, 0.15) is 53.4 Å². The van der Waals surface area contributed by atoms with Crippen LogP contribution in [0.3, 0.4) is 0 Å². The third-order valence-electron chi connectivity index (χ3n) is 3.85. The van der Waals surface area contributed by atoms with E-state index < -0.39 is 0 Å². The first-order valence-corrected chi connectivity index (χ1v) is 7.10. The van der Waals surface area contributed by atoms with Crippen LogP contribution in [0.4, 0.5) is 0 Å². The summed E-state index contributed by atoms with van der Waals surface area (Å²) < 4.78 is 5.34. The van der Waals surface area contributed by atoms with Gasteiger partial charge in [-0.05, 0) is 44.4 Å². The van der Waals surface area contributed by atoms with Crippen molar-refractivity contribution in [2.45, 2.75) is 53.4 Å². The number of nitrogens with zero attached hydrogens (tertiary/aromatic N) is 1. The molecule has 0 aromatic heterocycles. The van der Waals surface area contributed by atoms with Crippen molar-refractivity contribution in [1.82, 2.24) is 0 Å². The summed E-state index contributed by atoms with van der Waals surface area (Å²) in [6.45, 7) is 8.85. The Balaban J connectivity index is 2.28. The number of esters is 1. The maximum Gasteiger partial charge on any atom is 0.310 e. The van der Waals surface area contributed by atoms with Crippen LogP contribution in [-0.4, -0.2) is 12.6 Å². The number of nitriles is 1. The van der Waals surface area contributed by atoms with Gasteiger partial charge in [0.05, 0.1) is 18.6 Å². The predicted octanol–water partition coefficient (Wildman–Crippen LogP) is 3.85. The lowest BCUT2D eigenvalue weighted by atomic mass is 10.1. The molecular weight excluding hydrogens is 238 g/mol. The van der Waals surface area contributed by atoms with Gasteiger partial charge in [-0.25, -0.2) is 0 Å². The van der Waals surface area contributed by atoms with Crippen LogP contribution in [0.15, 0.2) is 11.6 Å². The molecule has 0 amide bonds. The van der Waals surface area contributed by atoms with E-state index in [9.17, 15) is 4.79 Å². The molecule has 3 nitrogen and oxygen atoms in total. The standard InChI is InChI=1S/C16H25NO2/c1-12(2)11-13-14(16(13,3)4)15(18)19-10-8-6-5-7-9-17/h11,13-14H,5-8,10H2,1-4H3/t13-,14+/m0/s1. The monoisotopic (exact) mass is 263 g/mol. The van der Waals surface area contributed by atoms with E-state index in [1.165, 1.54) is 5.57 Å². The minimum atomic E-state index is -0.0622. The predicted molar refractivity (Wildman–Crippen MR) is 75.2 cm³/mol. The molecule has 0 aliphatic heterocycles. The van der Waals surface area contributed by atoms with E-state index in [1.54, 1.807) is 0 Å². The second kappa shape index (κ2) is 6.75. The van der Waals surface area contributed by atoms with Gasteiger partial charge in [-0.15, -0.1) is 0 Å².